The molecular weight excluding hydrogens is 210 g/mol. The summed E-state index contributed by atoms with van der Waals surface area (Å²) in [5.74, 6) is 6.45. The Morgan fingerprint density at radius 3 is 2.87 bits per heavy atom. The van der Waals surface area contributed by atoms with E-state index in [4.69, 9.17) is 17.4 Å². The van der Waals surface area contributed by atoms with Gasteiger partial charge in [-0.1, -0.05) is 24.4 Å². The molecule has 4 heteroatoms. The van der Waals surface area contributed by atoms with Gasteiger partial charge >= 0.3 is 0 Å². The van der Waals surface area contributed by atoms with Gasteiger partial charge in [0.05, 0.1) is 16.8 Å². The number of aromatic nitrogens is 1. The summed E-state index contributed by atoms with van der Waals surface area (Å²) < 4.78 is 0. The van der Waals surface area contributed by atoms with Crippen LogP contribution in [0.15, 0.2) is 18.3 Å². The van der Waals surface area contributed by atoms with E-state index < -0.39 is 0 Å². The number of pyridine rings is 1. The van der Waals surface area contributed by atoms with Crippen molar-refractivity contribution in [3.8, 4) is 0 Å². The minimum atomic E-state index is 0.155. The minimum absolute atomic E-state index is 0.155. The molecule has 0 spiro atoms. The average molecular weight is 226 g/mol. The number of nitrogens with two attached hydrogens (primary N) is 1. The van der Waals surface area contributed by atoms with Crippen LogP contribution in [0.5, 0.6) is 0 Å². The van der Waals surface area contributed by atoms with Crippen LogP contribution in [0.1, 0.15) is 37.4 Å². The summed E-state index contributed by atoms with van der Waals surface area (Å²) in [5.41, 5.74) is 3.79. The summed E-state index contributed by atoms with van der Waals surface area (Å²) in [6.45, 7) is 0. The van der Waals surface area contributed by atoms with E-state index in [2.05, 4.69) is 10.4 Å². The zero-order valence-corrected chi connectivity index (χ0v) is 9.37. The largest absolute Gasteiger partial charge is 0.271 e. The fraction of sp³-hybridized carbons (Fsp3) is 0.545. The van der Waals surface area contributed by atoms with Gasteiger partial charge in [-0.3, -0.25) is 16.3 Å². The van der Waals surface area contributed by atoms with Crippen molar-refractivity contribution in [3.63, 3.8) is 0 Å². The van der Waals surface area contributed by atoms with Crippen LogP contribution in [-0.4, -0.2) is 4.98 Å². The highest BCUT2D eigenvalue weighted by atomic mass is 35.5. The monoisotopic (exact) mass is 225 g/mol. The first-order valence-electron chi connectivity index (χ1n) is 5.37. The lowest BCUT2D eigenvalue weighted by Gasteiger charge is -2.14. The van der Waals surface area contributed by atoms with Crippen molar-refractivity contribution in [2.24, 2.45) is 11.8 Å². The fourth-order valence-corrected chi connectivity index (χ4v) is 1.83. The van der Waals surface area contributed by atoms with E-state index in [1.165, 1.54) is 19.3 Å². The molecule has 0 saturated heterocycles. The van der Waals surface area contributed by atoms with Crippen molar-refractivity contribution in [3.05, 3.63) is 29.0 Å². The second-order valence-electron chi connectivity index (χ2n) is 4.14. The van der Waals surface area contributed by atoms with E-state index in [1.54, 1.807) is 6.20 Å². The molecule has 0 amide bonds. The molecular formula is C11H16ClN3. The number of hydrogen-bond acceptors (Lipinski definition) is 3. The standard InChI is InChI=1S/C11H16ClN3/c12-9-4-6-10(14-7-9)11(15-13)5-3-8-1-2-8/h4,6-8,11,15H,1-3,5,13H2. The first-order valence-corrected chi connectivity index (χ1v) is 5.75. The SMILES string of the molecule is NNC(CCC1CC1)c1ccc(Cl)cn1. The Labute approximate surface area is 95.0 Å². The third-order valence-electron chi connectivity index (χ3n) is 2.87. The number of nitrogens with zero attached hydrogens (tertiary/aromatic N) is 1. The highest BCUT2D eigenvalue weighted by Crippen LogP contribution is 2.35. The van der Waals surface area contributed by atoms with Crippen LogP contribution in [0.25, 0.3) is 0 Å². The molecule has 1 aliphatic carbocycles. The van der Waals surface area contributed by atoms with Crippen molar-refractivity contribution < 1.29 is 0 Å². The van der Waals surface area contributed by atoms with Gasteiger partial charge in [0.15, 0.2) is 0 Å². The van der Waals surface area contributed by atoms with E-state index in [0.717, 1.165) is 18.0 Å². The Morgan fingerprint density at radius 1 is 1.53 bits per heavy atom. The van der Waals surface area contributed by atoms with Crippen LogP contribution in [0.3, 0.4) is 0 Å². The van der Waals surface area contributed by atoms with Crippen LogP contribution in [0, 0.1) is 5.92 Å². The van der Waals surface area contributed by atoms with Crippen molar-refractivity contribution in [1.29, 1.82) is 0 Å². The number of hydrogen-bond donors (Lipinski definition) is 2. The average Bonchev–Trinajstić information content (AvgIpc) is 3.05. The molecule has 1 atom stereocenters. The van der Waals surface area contributed by atoms with Gasteiger partial charge in [-0.2, -0.15) is 0 Å². The highest BCUT2D eigenvalue weighted by molar-refractivity contribution is 6.30. The summed E-state index contributed by atoms with van der Waals surface area (Å²) in [6, 6.07) is 3.94. The van der Waals surface area contributed by atoms with Crippen molar-refractivity contribution in [2.45, 2.75) is 31.7 Å². The zero-order valence-electron chi connectivity index (χ0n) is 8.62. The Kier molecular flexibility index (Phi) is 3.57. The van der Waals surface area contributed by atoms with Crippen LogP contribution < -0.4 is 11.3 Å². The topological polar surface area (TPSA) is 50.9 Å². The highest BCUT2D eigenvalue weighted by Gasteiger charge is 2.23. The summed E-state index contributed by atoms with van der Waals surface area (Å²) in [5, 5.41) is 0.664. The van der Waals surface area contributed by atoms with Gasteiger partial charge in [0.1, 0.15) is 0 Å². The van der Waals surface area contributed by atoms with Gasteiger partial charge in [-0.05, 0) is 30.9 Å². The van der Waals surface area contributed by atoms with Gasteiger partial charge in [0.25, 0.3) is 0 Å². The number of hydrazine groups is 1. The fourth-order valence-electron chi connectivity index (χ4n) is 1.72. The van der Waals surface area contributed by atoms with Crippen LogP contribution >= 0.6 is 11.6 Å². The molecule has 2 rings (SSSR count). The third-order valence-corrected chi connectivity index (χ3v) is 3.09. The van der Waals surface area contributed by atoms with Crippen molar-refractivity contribution in [1.82, 2.24) is 10.4 Å². The zero-order chi connectivity index (χ0) is 10.7. The van der Waals surface area contributed by atoms with Crippen molar-refractivity contribution >= 4 is 11.6 Å². The predicted molar refractivity (Wildman–Crippen MR) is 61.3 cm³/mol. The quantitative estimate of drug-likeness (QED) is 0.598. The molecule has 3 N–H and O–H groups in total. The van der Waals surface area contributed by atoms with Gasteiger partial charge in [-0.15, -0.1) is 0 Å². The van der Waals surface area contributed by atoms with Crippen LogP contribution in [0.4, 0.5) is 0 Å². The normalized spacial score (nSPS) is 17.7. The predicted octanol–water partition coefficient (Wildman–Crippen LogP) is 2.43. The third kappa shape index (κ3) is 3.16. The summed E-state index contributed by atoms with van der Waals surface area (Å²) in [7, 11) is 0. The van der Waals surface area contributed by atoms with E-state index in [0.29, 0.717) is 5.02 Å². The lowest BCUT2D eigenvalue weighted by atomic mass is 10.1. The summed E-state index contributed by atoms with van der Waals surface area (Å²) in [4.78, 5) is 4.27. The second-order valence-corrected chi connectivity index (χ2v) is 4.58. The van der Waals surface area contributed by atoms with E-state index in [9.17, 15) is 0 Å². The lowest BCUT2D eigenvalue weighted by Crippen LogP contribution is -2.28. The summed E-state index contributed by atoms with van der Waals surface area (Å²) in [6.07, 6.45) is 6.71. The van der Waals surface area contributed by atoms with E-state index in [1.807, 2.05) is 12.1 Å². The maximum Gasteiger partial charge on any atom is 0.0632 e. The molecule has 0 aliphatic heterocycles. The Balaban J connectivity index is 1.94. The van der Waals surface area contributed by atoms with Crippen LogP contribution in [-0.2, 0) is 0 Å². The molecule has 82 valence electrons. The second kappa shape index (κ2) is 4.92. The summed E-state index contributed by atoms with van der Waals surface area (Å²) >= 11 is 5.78. The molecule has 3 nitrogen and oxygen atoms in total. The molecule has 1 heterocycles. The molecule has 1 aliphatic rings. The maximum atomic E-state index is 5.78. The maximum absolute atomic E-state index is 5.78. The van der Waals surface area contributed by atoms with Gasteiger partial charge < -0.3 is 0 Å². The molecule has 1 aromatic rings. The van der Waals surface area contributed by atoms with Crippen molar-refractivity contribution in [2.75, 3.05) is 0 Å². The molecule has 15 heavy (non-hydrogen) atoms. The van der Waals surface area contributed by atoms with E-state index in [-0.39, 0.29) is 6.04 Å². The number of nitrogens with one attached hydrogen (secondary N) is 1. The smallest absolute Gasteiger partial charge is 0.0632 e. The molecule has 1 unspecified atom stereocenters. The first-order chi connectivity index (χ1) is 7.29. The Hall–Kier alpha value is -0.640. The Morgan fingerprint density at radius 2 is 2.33 bits per heavy atom. The lowest BCUT2D eigenvalue weighted by molar-refractivity contribution is 0.472. The van der Waals surface area contributed by atoms with E-state index >= 15 is 0 Å². The molecule has 0 aromatic carbocycles. The Bertz CT molecular complexity index is 308. The van der Waals surface area contributed by atoms with Gasteiger partial charge in [-0.25, -0.2) is 0 Å². The van der Waals surface area contributed by atoms with Gasteiger partial charge in [0, 0.05) is 6.20 Å². The molecule has 1 saturated carbocycles. The number of halogens is 1. The molecule has 0 radical (unpaired) electrons. The molecule has 0 bridgehead atoms. The van der Waals surface area contributed by atoms with Crippen LogP contribution in [0.2, 0.25) is 5.02 Å². The minimum Gasteiger partial charge on any atom is -0.271 e. The first kappa shape index (κ1) is 10.9. The molecule has 1 fully saturated rings. The number of rotatable bonds is 5. The van der Waals surface area contributed by atoms with Gasteiger partial charge in [0.2, 0.25) is 0 Å². The molecule has 1 aromatic heterocycles.